The minimum Gasteiger partial charge on any atom is -0.335 e. The molecule has 4 fully saturated rings. The van der Waals surface area contributed by atoms with E-state index in [-0.39, 0.29) is 0 Å². The molecule has 1 heterocycles. The smallest absolute Gasteiger partial charge is 0.177 e. The molecular formula is C14H20N2S. The lowest BCUT2D eigenvalue weighted by Gasteiger charge is -2.57. The zero-order valence-corrected chi connectivity index (χ0v) is 11.2. The summed E-state index contributed by atoms with van der Waals surface area (Å²) in [5.74, 6) is 2.95. The Morgan fingerprint density at radius 2 is 1.71 bits per heavy atom. The van der Waals surface area contributed by atoms with E-state index in [1.807, 2.05) is 0 Å². The summed E-state index contributed by atoms with van der Waals surface area (Å²) >= 11 is 5.52. The molecule has 0 saturated heterocycles. The van der Waals surface area contributed by atoms with E-state index >= 15 is 0 Å². The van der Waals surface area contributed by atoms with E-state index < -0.39 is 0 Å². The maximum Gasteiger partial charge on any atom is 0.177 e. The summed E-state index contributed by atoms with van der Waals surface area (Å²) in [7, 11) is 0. The van der Waals surface area contributed by atoms with Crippen LogP contribution in [0.15, 0.2) is 6.20 Å². The summed E-state index contributed by atoms with van der Waals surface area (Å²) in [5.41, 5.74) is 1.60. The number of H-pyrrole nitrogens is 1. The van der Waals surface area contributed by atoms with Crippen LogP contribution in [0.4, 0.5) is 0 Å². The van der Waals surface area contributed by atoms with Gasteiger partial charge in [-0.2, -0.15) is 0 Å². The number of hydrogen-bond acceptors (Lipinski definition) is 1. The van der Waals surface area contributed by atoms with Crippen LogP contribution in [0, 0.1) is 29.4 Å². The second-order valence-corrected chi connectivity index (χ2v) is 7.14. The van der Waals surface area contributed by atoms with Crippen molar-refractivity contribution in [2.24, 2.45) is 17.8 Å². The fourth-order valence-electron chi connectivity index (χ4n) is 5.23. The van der Waals surface area contributed by atoms with Gasteiger partial charge in [0.05, 0.1) is 0 Å². The molecule has 0 amide bonds. The molecule has 0 radical (unpaired) electrons. The van der Waals surface area contributed by atoms with Crippen molar-refractivity contribution >= 4 is 12.2 Å². The van der Waals surface area contributed by atoms with Crippen LogP contribution in [0.5, 0.6) is 0 Å². The van der Waals surface area contributed by atoms with E-state index in [1.54, 1.807) is 0 Å². The second-order valence-electron chi connectivity index (χ2n) is 6.75. The quantitative estimate of drug-likeness (QED) is 0.750. The van der Waals surface area contributed by atoms with Crippen LogP contribution in [0.3, 0.4) is 0 Å². The van der Waals surface area contributed by atoms with Crippen LogP contribution in [0.2, 0.25) is 0 Å². The van der Waals surface area contributed by atoms with Gasteiger partial charge in [0.1, 0.15) is 0 Å². The lowest BCUT2D eigenvalue weighted by Crippen LogP contribution is -2.51. The largest absolute Gasteiger partial charge is 0.335 e. The normalized spacial score (nSPS) is 43.2. The fraction of sp³-hybridized carbons (Fsp3) is 0.786. The lowest BCUT2D eigenvalue weighted by molar-refractivity contribution is -0.0438. The minimum absolute atomic E-state index is 0.386. The van der Waals surface area contributed by atoms with E-state index in [1.165, 1.54) is 44.2 Å². The topological polar surface area (TPSA) is 20.7 Å². The summed E-state index contributed by atoms with van der Waals surface area (Å²) < 4.78 is 3.37. The van der Waals surface area contributed by atoms with Crippen LogP contribution in [0.25, 0.3) is 0 Å². The number of aryl methyl sites for hydroxylation is 1. The molecule has 5 rings (SSSR count). The molecule has 2 nitrogen and oxygen atoms in total. The lowest BCUT2D eigenvalue weighted by atomic mass is 9.53. The first-order valence-electron chi connectivity index (χ1n) is 6.93. The molecule has 1 N–H and O–H groups in total. The first-order valence-corrected chi connectivity index (χ1v) is 7.34. The van der Waals surface area contributed by atoms with Gasteiger partial charge in [-0.3, -0.25) is 0 Å². The van der Waals surface area contributed by atoms with Crippen LogP contribution in [-0.2, 0) is 5.54 Å². The van der Waals surface area contributed by atoms with E-state index in [9.17, 15) is 0 Å². The van der Waals surface area contributed by atoms with E-state index in [4.69, 9.17) is 12.2 Å². The zero-order valence-electron chi connectivity index (χ0n) is 10.4. The maximum absolute atomic E-state index is 5.52. The third kappa shape index (κ3) is 1.41. The first-order chi connectivity index (χ1) is 8.14. The summed E-state index contributed by atoms with van der Waals surface area (Å²) in [5, 5.41) is 0. The predicted octanol–water partition coefficient (Wildman–Crippen LogP) is 3.78. The zero-order chi connectivity index (χ0) is 11.6. The molecule has 0 aliphatic heterocycles. The number of hydrogen-bond donors (Lipinski definition) is 1. The molecule has 1 aromatic rings. The van der Waals surface area contributed by atoms with Crippen LogP contribution < -0.4 is 0 Å². The number of rotatable bonds is 1. The average Bonchev–Trinajstić information content (AvgIpc) is 2.56. The number of aromatic nitrogens is 2. The van der Waals surface area contributed by atoms with Crippen LogP contribution in [0.1, 0.15) is 44.2 Å². The molecular weight excluding hydrogens is 228 g/mol. The molecule has 4 aliphatic rings. The van der Waals surface area contributed by atoms with Crippen molar-refractivity contribution < 1.29 is 0 Å². The van der Waals surface area contributed by atoms with Crippen LogP contribution in [-0.4, -0.2) is 9.55 Å². The molecule has 1 aromatic heterocycles. The predicted molar refractivity (Wildman–Crippen MR) is 70.5 cm³/mol. The molecule has 0 aromatic carbocycles. The highest BCUT2D eigenvalue weighted by Crippen LogP contribution is 2.58. The first kappa shape index (κ1) is 10.4. The number of imidazole rings is 1. The minimum atomic E-state index is 0.386. The van der Waals surface area contributed by atoms with E-state index in [0.29, 0.717) is 5.54 Å². The molecule has 0 unspecified atom stereocenters. The van der Waals surface area contributed by atoms with Gasteiger partial charge in [-0.1, -0.05) is 0 Å². The summed E-state index contributed by atoms with van der Waals surface area (Å²) in [6.07, 6.45) is 10.9. The van der Waals surface area contributed by atoms with Gasteiger partial charge in [0, 0.05) is 17.4 Å². The third-order valence-corrected chi connectivity index (χ3v) is 5.66. The maximum atomic E-state index is 5.52. The third-order valence-electron chi connectivity index (χ3n) is 5.36. The molecule has 0 atom stereocenters. The van der Waals surface area contributed by atoms with Crippen molar-refractivity contribution in [3.8, 4) is 0 Å². The molecule has 0 spiro atoms. The van der Waals surface area contributed by atoms with Crippen molar-refractivity contribution in [3.63, 3.8) is 0 Å². The Morgan fingerprint density at radius 1 is 1.18 bits per heavy atom. The van der Waals surface area contributed by atoms with Gasteiger partial charge in [0.15, 0.2) is 4.77 Å². The van der Waals surface area contributed by atoms with Crippen molar-refractivity contribution in [1.29, 1.82) is 0 Å². The van der Waals surface area contributed by atoms with Gasteiger partial charge < -0.3 is 9.55 Å². The standard InChI is InChI=1S/C14H20N2S/c1-9-8-16(13(17)15-9)14-5-10-2-11(6-14)4-12(3-10)7-14/h8,10-12H,2-7H2,1H3,(H,15,17). The second kappa shape index (κ2) is 3.25. The Labute approximate surface area is 107 Å². The Kier molecular flexibility index (Phi) is 1.98. The Morgan fingerprint density at radius 3 is 2.12 bits per heavy atom. The van der Waals surface area contributed by atoms with Gasteiger partial charge in [0.2, 0.25) is 0 Å². The highest BCUT2D eigenvalue weighted by Gasteiger charge is 2.52. The SMILES string of the molecule is Cc1cn(C23CC4CC(CC(C4)C2)C3)c(=S)[nH]1. The Balaban J connectivity index is 1.82. The summed E-state index contributed by atoms with van der Waals surface area (Å²) in [4.78, 5) is 3.31. The van der Waals surface area contributed by atoms with Gasteiger partial charge in [0.25, 0.3) is 0 Å². The van der Waals surface area contributed by atoms with Gasteiger partial charge in [-0.05, 0) is 75.4 Å². The van der Waals surface area contributed by atoms with Crippen molar-refractivity contribution in [1.82, 2.24) is 9.55 Å². The summed E-state index contributed by atoms with van der Waals surface area (Å²) in [6, 6.07) is 0. The van der Waals surface area contributed by atoms with Gasteiger partial charge >= 0.3 is 0 Å². The average molecular weight is 248 g/mol. The number of nitrogens with one attached hydrogen (secondary N) is 1. The van der Waals surface area contributed by atoms with E-state index in [0.717, 1.165) is 22.5 Å². The highest BCUT2D eigenvalue weighted by molar-refractivity contribution is 7.71. The number of aromatic amines is 1. The molecule has 4 bridgehead atoms. The van der Waals surface area contributed by atoms with Crippen LogP contribution >= 0.6 is 12.2 Å². The monoisotopic (exact) mass is 248 g/mol. The Hall–Kier alpha value is -0.570. The molecule has 4 aliphatic carbocycles. The Bertz CT molecular complexity index is 475. The van der Waals surface area contributed by atoms with Gasteiger partial charge in [-0.25, -0.2) is 0 Å². The van der Waals surface area contributed by atoms with Crippen molar-refractivity contribution in [2.45, 2.75) is 51.0 Å². The molecule has 92 valence electrons. The molecule has 17 heavy (non-hydrogen) atoms. The van der Waals surface area contributed by atoms with E-state index in [2.05, 4.69) is 22.7 Å². The van der Waals surface area contributed by atoms with Crippen molar-refractivity contribution in [2.75, 3.05) is 0 Å². The van der Waals surface area contributed by atoms with Gasteiger partial charge in [-0.15, -0.1) is 0 Å². The highest BCUT2D eigenvalue weighted by atomic mass is 32.1. The molecule has 4 saturated carbocycles. The fourth-order valence-corrected chi connectivity index (χ4v) is 5.63. The molecule has 3 heteroatoms. The summed E-state index contributed by atoms with van der Waals surface area (Å²) in [6.45, 7) is 2.12. The number of nitrogens with zero attached hydrogens (tertiary/aromatic N) is 1. The van der Waals surface area contributed by atoms with Crippen molar-refractivity contribution in [3.05, 3.63) is 16.7 Å².